The average Bonchev–Trinajstić information content (AvgIpc) is 3.35. The SMILES string of the molecule is CN(Cc1ccn[nH]1)C(=O)c1ccc2oc(-c3ccc(C(F)(F)F)cc3)nc2c1. The number of fused-ring (bicyclic) bond motifs is 1. The summed E-state index contributed by atoms with van der Waals surface area (Å²) in [5, 5.41) is 6.65. The molecule has 0 bridgehead atoms. The quantitative estimate of drug-likeness (QED) is 0.547. The van der Waals surface area contributed by atoms with Crippen molar-refractivity contribution < 1.29 is 22.4 Å². The lowest BCUT2D eigenvalue weighted by Gasteiger charge is -2.15. The van der Waals surface area contributed by atoms with Crippen molar-refractivity contribution in [3.05, 3.63) is 71.5 Å². The Labute approximate surface area is 163 Å². The fourth-order valence-corrected chi connectivity index (χ4v) is 2.91. The van der Waals surface area contributed by atoms with Gasteiger partial charge in [0.2, 0.25) is 5.89 Å². The molecule has 0 aliphatic rings. The highest BCUT2D eigenvalue weighted by Gasteiger charge is 2.30. The molecular weight excluding hydrogens is 385 g/mol. The Morgan fingerprint density at radius 1 is 1.14 bits per heavy atom. The molecule has 29 heavy (non-hydrogen) atoms. The van der Waals surface area contributed by atoms with E-state index in [-0.39, 0.29) is 11.8 Å². The van der Waals surface area contributed by atoms with Crippen LogP contribution < -0.4 is 0 Å². The number of nitrogens with zero attached hydrogens (tertiary/aromatic N) is 3. The zero-order valence-corrected chi connectivity index (χ0v) is 15.2. The van der Waals surface area contributed by atoms with Gasteiger partial charge in [-0.1, -0.05) is 0 Å². The van der Waals surface area contributed by atoms with Crippen LogP contribution in [0.15, 0.2) is 59.1 Å². The van der Waals surface area contributed by atoms with Gasteiger partial charge in [-0.15, -0.1) is 0 Å². The Balaban J connectivity index is 1.58. The average molecular weight is 400 g/mol. The maximum absolute atomic E-state index is 12.7. The molecule has 0 aliphatic carbocycles. The molecular formula is C20H15F3N4O2. The Morgan fingerprint density at radius 3 is 2.55 bits per heavy atom. The number of halogens is 3. The van der Waals surface area contributed by atoms with Crippen LogP contribution in [0.25, 0.3) is 22.6 Å². The predicted molar refractivity (Wildman–Crippen MR) is 98.8 cm³/mol. The minimum atomic E-state index is -4.41. The van der Waals surface area contributed by atoms with Crippen LogP contribution in [-0.2, 0) is 12.7 Å². The number of nitrogens with one attached hydrogen (secondary N) is 1. The van der Waals surface area contributed by atoms with E-state index in [9.17, 15) is 18.0 Å². The molecule has 0 saturated heterocycles. The van der Waals surface area contributed by atoms with E-state index < -0.39 is 11.7 Å². The molecule has 2 heterocycles. The molecule has 4 rings (SSSR count). The van der Waals surface area contributed by atoms with Crippen molar-refractivity contribution in [3.63, 3.8) is 0 Å². The highest BCUT2D eigenvalue weighted by molar-refractivity contribution is 5.97. The second-order valence-electron chi connectivity index (χ2n) is 6.52. The molecule has 9 heteroatoms. The van der Waals surface area contributed by atoms with Gasteiger partial charge in [0.25, 0.3) is 5.91 Å². The zero-order valence-electron chi connectivity index (χ0n) is 15.2. The number of aromatic nitrogens is 3. The third-order valence-corrected chi connectivity index (χ3v) is 4.41. The lowest BCUT2D eigenvalue weighted by molar-refractivity contribution is -0.137. The van der Waals surface area contributed by atoms with Crippen LogP contribution in [0.3, 0.4) is 0 Å². The van der Waals surface area contributed by atoms with E-state index in [1.165, 1.54) is 17.0 Å². The molecule has 1 N–H and O–H groups in total. The summed E-state index contributed by atoms with van der Waals surface area (Å²) in [5.41, 5.74) is 1.78. The molecule has 4 aromatic rings. The topological polar surface area (TPSA) is 75.0 Å². The molecule has 0 aliphatic heterocycles. The first-order chi connectivity index (χ1) is 13.8. The van der Waals surface area contributed by atoms with E-state index in [2.05, 4.69) is 15.2 Å². The summed E-state index contributed by atoms with van der Waals surface area (Å²) in [7, 11) is 1.67. The van der Waals surface area contributed by atoms with Crippen molar-refractivity contribution in [2.45, 2.75) is 12.7 Å². The fraction of sp³-hybridized carbons (Fsp3) is 0.150. The van der Waals surface area contributed by atoms with Crippen LogP contribution in [-0.4, -0.2) is 33.0 Å². The van der Waals surface area contributed by atoms with Crippen molar-refractivity contribution in [2.75, 3.05) is 7.05 Å². The smallest absolute Gasteiger partial charge is 0.416 e. The van der Waals surface area contributed by atoms with Crippen molar-refractivity contribution in [2.24, 2.45) is 0 Å². The zero-order chi connectivity index (χ0) is 20.6. The molecule has 2 aromatic carbocycles. The minimum Gasteiger partial charge on any atom is -0.436 e. The fourth-order valence-electron chi connectivity index (χ4n) is 2.91. The van der Waals surface area contributed by atoms with Crippen molar-refractivity contribution in [3.8, 4) is 11.5 Å². The number of rotatable bonds is 4. The largest absolute Gasteiger partial charge is 0.436 e. The molecule has 6 nitrogen and oxygen atoms in total. The van der Waals surface area contributed by atoms with Gasteiger partial charge in [-0.2, -0.15) is 18.3 Å². The summed E-state index contributed by atoms with van der Waals surface area (Å²) in [6.45, 7) is 0.368. The van der Waals surface area contributed by atoms with Crippen molar-refractivity contribution >= 4 is 17.0 Å². The molecule has 0 fully saturated rings. The summed E-state index contributed by atoms with van der Waals surface area (Å²) in [6.07, 6.45) is -2.80. The molecule has 148 valence electrons. The highest BCUT2D eigenvalue weighted by Crippen LogP contribution is 2.31. The van der Waals surface area contributed by atoms with Gasteiger partial charge < -0.3 is 9.32 Å². The lowest BCUT2D eigenvalue weighted by Crippen LogP contribution is -2.26. The number of amides is 1. The van der Waals surface area contributed by atoms with Crippen LogP contribution in [0.2, 0.25) is 0 Å². The number of carbonyl (C=O) groups excluding carboxylic acids is 1. The molecule has 2 aromatic heterocycles. The lowest BCUT2D eigenvalue weighted by atomic mass is 10.1. The third-order valence-electron chi connectivity index (χ3n) is 4.41. The normalized spacial score (nSPS) is 11.7. The Kier molecular flexibility index (Phi) is 4.57. The molecule has 0 unspecified atom stereocenters. The Bertz CT molecular complexity index is 1150. The first-order valence-corrected chi connectivity index (χ1v) is 8.63. The predicted octanol–water partition coefficient (Wildman–Crippen LogP) is 4.51. The van der Waals surface area contributed by atoms with Crippen LogP contribution in [0.1, 0.15) is 21.6 Å². The second kappa shape index (κ2) is 7.08. The van der Waals surface area contributed by atoms with Gasteiger partial charge in [0.05, 0.1) is 17.8 Å². The van der Waals surface area contributed by atoms with E-state index in [1.807, 2.05) is 0 Å². The van der Waals surface area contributed by atoms with E-state index in [4.69, 9.17) is 4.42 Å². The highest BCUT2D eigenvalue weighted by atomic mass is 19.4. The first kappa shape index (κ1) is 18.7. The summed E-state index contributed by atoms with van der Waals surface area (Å²) >= 11 is 0. The monoisotopic (exact) mass is 400 g/mol. The van der Waals surface area contributed by atoms with E-state index in [0.29, 0.717) is 28.8 Å². The number of carbonyl (C=O) groups is 1. The molecule has 0 atom stereocenters. The number of aromatic amines is 1. The summed E-state index contributed by atoms with van der Waals surface area (Å²) in [6, 6.07) is 11.2. The standard InChI is InChI=1S/C20H15F3N4O2/c1-27(11-15-8-9-24-26-15)19(28)13-4-7-17-16(10-13)25-18(29-17)12-2-5-14(6-3-12)20(21,22)23/h2-10H,11H2,1H3,(H,24,26). The van der Waals surface area contributed by atoms with Gasteiger partial charge in [0.15, 0.2) is 5.58 Å². The van der Waals surface area contributed by atoms with Gasteiger partial charge in [-0.3, -0.25) is 9.89 Å². The number of oxazole rings is 1. The minimum absolute atomic E-state index is 0.184. The summed E-state index contributed by atoms with van der Waals surface area (Å²) < 4.78 is 43.8. The number of benzene rings is 2. The maximum Gasteiger partial charge on any atom is 0.416 e. The van der Waals surface area contributed by atoms with Gasteiger partial charge in [0.1, 0.15) is 5.52 Å². The van der Waals surface area contributed by atoms with Crippen LogP contribution in [0.5, 0.6) is 0 Å². The van der Waals surface area contributed by atoms with E-state index in [1.54, 1.807) is 37.5 Å². The van der Waals surface area contributed by atoms with E-state index >= 15 is 0 Å². The molecule has 1 amide bonds. The molecule has 0 radical (unpaired) electrons. The van der Waals surface area contributed by atoms with Gasteiger partial charge >= 0.3 is 6.18 Å². The number of H-pyrrole nitrogens is 1. The number of hydrogen-bond donors (Lipinski definition) is 1. The van der Waals surface area contributed by atoms with Gasteiger partial charge in [-0.25, -0.2) is 4.98 Å². The van der Waals surface area contributed by atoms with Crippen LogP contribution in [0.4, 0.5) is 13.2 Å². The maximum atomic E-state index is 12.7. The molecule has 0 spiro atoms. The Morgan fingerprint density at radius 2 is 1.90 bits per heavy atom. The van der Waals surface area contributed by atoms with Crippen molar-refractivity contribution in [1.29, 1.82) is 0 Å². The van der Waals surface area contributed by atoms with E-state index in [0.717, 1.165) is 17.8 Å². The first-order valence-electron chi connectivity index (χ1n) is 8.63. The summed E-state index contributed by atoms with van der Waals surface area (Å²) in [4.78, 5) is 18.5. The van der Waals surface area contributed by atoms with Gasteiger partial charge in [-0.05, 0) is 48.5 Å². The second-order valence-corrected chi connectivity index (χ2v) is 6.52. The van der Waals surface area contributed by atoms with Gasteiger partial charge in [0, 0.05) is 24.4 Å². The van der Waals surface area contributed by atoms with Crippen LogP contribution in [0, 0.1) is 0 Å². The van der Waals surface area contributed by atoms with Crippen molar-refractivity contribution in [1.82, 2.24) is 20.1 Å². The Hall–Kier alpha value is -3.62. The number of hydrogen-bond acceptors (Lipinski definition) is 4. The number of alkyl halides is 3. The summed E-state index contributed by atoms with van der Waals surface area (Å²) in [5.74, 6) is -0.0234. The molecule has 0 saturated carbocycles. The third kappa shape index (κ3) is 3.84. The van der Waals surface area contributed by atoms with Crippen LogP contribution >= 0.6 is 0 Å².